The molecule has 0 radical (unpaired) electrons. The van der Waals surface area contributed by atoms with Crippen molar-refractivity contribution in [3.05, 3.63) is 29.8 Å². The Hall–Kier alpha value is -1.86. The van der Waals surface area contributed by atoms with Gasteiger partial charge in [0, 0.05) is 31.6 Å². The van der Waals surface area contributed by atoms with Crippen LogP contribution in [0.1, 0.15) is 24.8 Å². The van der Waals surface area contributed by atoms with E-state index in [1.807, 2.05) is 0 Å². The highest BCUT2D eigenvalue weighted by Crippen LogP contribution is 2.53. The Bertz CT molecular complexity index is 1180. The molecule has 8 nitrogen and oxygen atoms in total. The molecular formula is C20H25F3N4O4S2. The molecule has 1 saturated carbocycles. The number of benzene rings is 1. The van der Waals surface area contributed by atoms with Gasteiger partial charge in [-0.15, -0.1) is 0 Å². The molecule has 1 unspecified atom stereocenters. The van der Waals surface area contributed by atoms with Crippen LogP contribution >= 0.6 is 0 Å². The van der Waals surface area contributed by atoms with Crippen molar-refractivity contribution < 1.29 is 30.6 Å². The molecule has 0 aromatic heterocycles. The second-order valence-corrected chi connectivity index (χ2v) is 14.0. The van der Waals surface area contributed by atoms with Gasteiger partial charge in [-0.05, 0) is 49.3 Å². The summed E-state index contributed by atoms with van der Waals surface area (Å²) >= 11 is 0. The summed E-state index contributed by atoms with van der Waals surface area (Å²) in [6, 6.07) is 5.21. The summed E-state index contributed by atoms with van der Waals surface area (Å²) in [6.07, 6.45) is 3.08. The van der Waals surface area contributed by atoms with Gasteiger partial charge in [-0.3, -0.25) is 0 Å². The Morgan fingerprint density at radius 1 is 1.12 bits per heavy atom. The van der Waals surface area contributed by atoms with Crippen molar-refractivity contribution in [2.45, 2.75) is 41.6 Å². The summed E-state index contributed by atoms with van der Waals surface area (Å²) in [6.45, 7) is 2.16. The van der Waals surface area contributed by atoms with E-state index in [4.69, 9.17) is 4.78 Å². The fourth-order valence-corrected chi connectivity index (χ4v) is 8.19. The number of halogens is 3. The molecule has 3 saturated heterocycles. The predicted octanol–water partition coefficient (Wildman–Crippen LogP) is 2.36. The van der Waals surface area contributed by atoms with Crippen molar-refractivity contribution in [1.82, 2.24) is 14.5 Å². The van der Waals surface area contributed by atoms with Gasteiger partial charge in [0.15, 0.2) is 9.73 Å². The maximum absolute atomic E-state index is 12.8. The van der Waals surface area contributed by atoms with E-state index in [0.29, 0.717) is 44.9 Å². The molecule has 2 amide bonds. The number of amides is 2. The van der Waals surface area contributed by atoms with E-state index < -0.39 is 35.7 Å². The van der Waals surface area contributed by atoms with Crippen LogP contribution < -0.4 is 4.72 Å². The third-order valence-electron chi connectivity index (χ3n) is 7.35. The number of carbonyl (C=O) groups excluding carboxylic acids is 1. The van der Waals surface area contributed by atoms with Crippen molar-refractivity contribution in [2.24, 2.45) is 11.3 Å². The summed E-state index contributed by atoms with van der Waals surface area (Å²) in [7, 11) is -8.05. The molecule has 4 fully saturated rings. The first-order valence-electron chi connectivity index (χ1n) is 10.7. The highest BCUT2D eigenvalue weighted by atomic mass is 32.2. The molecule has 13 heteroatoms. The van der Waals surface area contributed by atoms with Crippen LogP contribution in [0.4, 0.5) is 18.0 Å². The van der Waals surface area contributed by atoms with Gasteiger partial charge in [0.1, 0.15) is 0 Å². The topological polar surface area (TPSA) is 111 Å². The lowest BCUT2D eigenvalue weighted by molar-refractivity contribution is -0.0822. The lowest BCUT2D eigenvalue weighted by atomic mass is 9.56. The third kappa shape index (κ3) is 3.91. The van der Waals surface area contributed by atoms with E-state index in [1.165, 1.54) is 12.1 Å². The molecule has 3 heterocycles. The molecule has 2 spiro atoms. The van der Waals surface area contributed by atoms with Gasteiger partial charge < -0.3 is 9.80 Å². The first kappa shape index (κ1) is 22.9. The smallest absolute Gasteiger partial charge is 0.323 e. The summed E-state index contributed by atoms with van der Waals surface area (Å²) in [5.74, 6) is 0.479. The van der Waals surface area contributed by atoms with Crippen LogP contribution in [-0.2, 0) is 26.2 Å². The summed E-state index contributed by atoms with van der Waals surface area (Å²) in [4.78, 5) is 15.6. The van der Waals surface area contributed by atoms with Crippen molar-refractivity contribution >= 4 is 25.8 Å². The highest BCUT2D eigenvalue weighted by Gasteiger charge is 2.57. The van der Waals surface area contributed by atoms with E-state index in [0.717, 1.165) is 30.5 Å². The monoisotopic (exact) mass is 506 g/mol. The number of nitrogens with zero attached hydrogens (tertiary/aromatic N) is 2. The Kier molecular flexibility index (Phi) is 4.91. The number of hydrogen-bond donors (Lipinski definition) is 2. The van der Waals surface area contributed by atoms with Gasteiger partial charge in [-0.1, -0.05) is 12.1 Å². The highest BCUT2D eigenvalue weighted by molar-refractivity contribution is 7.93. The molecule has 1 aromatic carbocycles. The molecule has 1 aromatic rings. The van der Waals surface area contributed by atoms with Gasteiger partial charge in [0.2, 0.25) is 10.0 Å². The molecule has 182 valence electrons. The Balaban J connectivity index is 1.08. The first-order valence-corrected chi connectivity index (χ1v) is 13.9. The van der Waals surface area contributed by atoms with E-state index >= 15 is 0 Å². The van der Waals surface area contributed by atoms with Gasteiger partial charge in [0.25, 0.3) is 0 Å². The van der Waals surface area contributed by atoms with Crippen LogP contribution in [0.2, 0.25) is 0 Å². The Morgan fingerprint density at radius 2 is 1.70 bits per heavy atom. The predicted molar refractivity (Wildman–Crippen MR) is 113 cm³/mol. The third-order valence-corrected chi connectivity index (χ3v) is 10.4. The normalized spacial score (nSPS) is 27.0. The van der Waals surface area contributed by atoms with Crippen LogP contribution in [0.3, 0.4) is 0 Å². The van der Waals surface area contributed by atoms with Gasteiger partial charge in [-0.25, -0.2) is 26.9 Å². The number of sulfonamides is 1. The number of alkyl halides is 3. The Morgan fingerprint density at radius 3 is 2.21 bits per heavy atom. The van der Waals surface area contributed by atoms with Crippen molar-refractivity contribution in [3.63, 3.8) is 0 Å². The maximum Gasteiger partial charge on any atom is 0.483 e. The van der Waals surface area contributed by atoms with Crippen molar-refractivity contribution in [1.29, 1.82) is 4.78 Å². The fourth-order valence-electron chi connectivity index (χ4n) is 5.75. The first-order chi connectivity index (χ1) is 15.2. The zero-order chi connectivity index (χ0) is 23.9. The number of hydrogen-bond acceptors (Lipinski definition) is 5. The van der Waals surface area contributed by atoms with Crippen molar-refractivity contribution in [2.75, 3.05) is 31.9 Å². The minimum atomic E-state index is -5.09. The van der Waals surface area contributed by atoms with E-state index in [9.17, 15) is 30.6 Å². The summed E-state index contributed by atoms with van der Waals surface area (Å²) in [5, 5.41) is 0. The van der Waals surface area contributed by atoms with Crippen LogP contribution in [0, 0.1) is 16.1 Å². The molecule has 2 N–H and O–H groups in total. The molecule has 3 aliphatic heterocycles. The van der Waals surface area contributed by atoms with Gasteiger partial charge >= 0.3 is 11.5 Å². The minimum absolute atomic E-state index is 0.0555. The molecular weight excluding hydrogens is 481 g/mol. The molecule has 1 atom stereocenters. The van der Waals surface area contributed by atoms with Crippen LogP contribution in [0.5, 0.6) is 0 Å². The second-order valence-electron chi connectivity index (χ2n) is 10.1. The average Bonchev–Trinajstić information content (AvgIpc) is 2.96. The summed E-state index contributed by atoms with van der Waals surface area (Å²) in [5.41, 5.74) is -4.64. The molecule has 1 aliphatic carbocycles. The fraction of sp³-hybridized carbons (Fsp3) is 0.650. The van der Waals surface area contributed by atoms with E-state index in [1.54, 1.807) is 9.80 Å². The number of carbonyl (C=O) groups is 1. The Labute approximate surface area is 190 Å². The SMILES string of the molecule is N=S(=O)(c1ccc(CC2CC3(C2)CN(C(=O)N2CC4(CCS(=O)(=O)N4)C2)C3)cc1)C(F)(F)F. The lowest BCUT2D eigenvalue weighted by Crippen LogP contribution is -2.73. The van der Waals surface area contributed by atoms with E-state index in [-0.39, 0.29) is 17.2 Å². The van der Waals surface area contributed by atoms with Gasteiger partial charge in [0.05, 0.1) is 16.2 Å². The standard InChI is InChI=1S/C20H25F3N4O4S2/c21-20(22,23)33(24,31)16-3-1-14(2-4-16)7-15-8-18(9-15)10-26(11-18)17(28)27-12-19(13-27)5-6-32(29,30)25-19/h1-4,15,24-25H,5-13H2. The zero-order valence-electron chi connectivity index (χ0n) is 17.7. The van der Waals surface area contributed by atoms with Crippen molar-refractivity contribution in [3.8, 4) is 0 Å². The lowest BCUT2D eigenvalue weighted by Gasteiger charge is -2.61. The van der Waals surface area contributed by atoms with Crippen LogP contribution in [0.15, 0.2) is 29.2 Å². The molecule has 4 aliphatic rings. The van der Waals surface area contributed by atoms with Crippen LogP contribution in [0.25, 0.3) is 0 Å². The maximum atomic E-state index is 12.8. The average molecular weight is 507 g/mol. The largest absolute Gasteiger partial charge is 0.483 e. The number of nitrogens with one attached hydrogen (secondary N) is 2. The number of rotatable bonds is 3. The van der Waals surface area contributed by atoms with Crippen LogP contribution in [-0.4, -0.2) is 71.4 Å². The zero-order valence-corrected chi connectivity index (χ0v) is 19.4. The molecule has 5 rings (SSSR count). The minimum Gasteiger partial charge on any atom is -0.323 e. The summed E-state index contributed by atoms with van der Waals surface area (Å²) < 4.78 is 83.1. The quantitative estimate of drug-likeness (QED) is 0.656. The van der Waals surface area contributed by atoms with E-state index in [2.05, 4.69) is 4.72 Å². The van der Waals surface area contributed by atoms with Gasteiger partial charge in [-0.2, -0.15) is 13.2 Å². The number of urea groups is 1. The molecule has 33 heavy (non-hydrogen) atoms. The molecule has 0 bridgehead atoms. The number of likely N-dealkylation sites (tertiary alicyclic amines) is 2. The second kappa shape index (κ2) is 7.08.